The van der Waals surface area contributed by atoms with Crippen molar-refractivity contribution in [3.8, 4) is 17.0 Å². The molecule has 6 heteroatoms. The molecular formula is C18H21N3O3. The van der Waals surface area contributed by atoms with E-state index in [1.807, 2.05) is 17.0 Å². The van der Waals surface area contributed by atoms with E-state index in [1.54, 1.807) is 24.3 Å². The van der Waals surface area contributed by atoms with Crippen LogP contribution in [0.1, 0.15) is 16.8 Å². The van der Waals surface area contributed by atoms with Crippen LogP contribution >= 0.6 is 0 Å². The van der Waals surface area contributed by atoms with Crippen molar-refractivity contribution in [1.82, 2.24) is 9.88 Å². The molecule has 3 rings (SSSR count). The summed E-state index contributed by atoms with van der Waals surface area (Å²) in [6.45, 7) is 2.28. The molecule has 1 aromatic heterocycles. The topological polar surface area (TPSA) is 88.7 Å². The minimum Gasteiger partial charge on any atom is -0.506 e. The smallest absolute Gasteiger partial charge is 0.254 e. The number of benzene rings is 1. The highest BCUT2D eigenvalue weighted by atomic mass is 16.5. The molecular weight excluding hydrogens is 306 g/mol. The van der Waals surface area contributed by atoms with E-state index in [-0.39, 0.29) is 17.8 Å². The summed E-state index contributed by atoms with van der Waals surface area (Å²) in [5.41, 5.74) is 7.86. The summed E-state index contributed by atoms with van der Waals surface area (Å²) in [6.07, 6.45) is 2.18. The van der Waals surface area contributed by atoms with E-state index in [4.69, 9.17) is 10.5 Å². The molecule has 0 unspecified atom stereocenters. The van der Waals surface area contributed by atoms with Gasteiger partial charge in [0.2, 0.25) is 0 Å². The van der Waals surface area contributed by atoms with Crippen LogP contribution in [0.25, 0.3) is 11.3 Å². The number of carbonyl (C=O) groups is 1. The lowest BCUT2D eigenvalue weighted by molar-refractivity contribution is -0.0236. The van der Waals surface area contributed by atoms with Gasteiger partial charge >= 0.3 is 0 Å². The van der Waals surface area contributed by atoms with Gasteiger partial charge in [0.25, 0.3) is 5.91 Å². The number of morpholine rings is 1. The average Bonchev–Trinajstić information content (AvgIpc) is 2.62. The second kappa shape index (κ2) is 7.42. The normalized spacial score (nSPS) is 17.7. The van der Waals surface area contributed by atoms with Crippen LogP contribution in [0.4, 0.5) is 0 Å². The predicted molar refractivity (Wildman–Crippen MR) is 90.7 cm³/mol. The first kappa shape index (κ1) is 16.4. The lowest BCUT2D eigenvalue weighted by atomic mass is 10.1. The largest absolute Gasteiger partial charge is 0.506 e. The van der Waals surface area contributed by atoms with Crippen molar-refractivity contribution >= 4 is 5.91 Å². The minimum absolute atomic E-state index is 0.00513. The molecule has 24 heavy (non-hydrogen) atoms. The molecule has 1 amide bonds. The van der Waals surface area contributed by atoms with Crippen molar-refractivity contribution in [2.24, 2.45) is 5.73 Å². The van der Waals surface area contributed by atoms with E-state index in [1.165, 1.54) is 6.20 Å². The first-order valence-corrected chi connectivity index (χ1v) is 8.04. The van der Waals surface area contributed by atoms with Gasteiger partial charge in [0.15, 0.2) is 0 Å². The third kappa shape index (κ3) is 3.72. The van der Waals surface area contributed by atoms with Gasteiger partial charge in [-0.25, -0.2) is 0 Å². The molecule has 0 aliphatic carbocycles. The molecule has 3 N–H and O–H groups in total. The van der Waals surface area contributed by atoms with Crippen molar-refractivity contribution in [3.05, 3.63) is 48.2 Å². The molecule has 1 atom stereocenters. The number of amides is 1. The van der Waals surface area contributed by atoms with Crippen molar-refractivity contribution < 1.29 is 14.6 Å². The number of carbonyl (C=O) groups excluding carboxylic acids is 1. The van der Waals surface area contributed by atoms with Crippen LogP contribution < -0.4 is 5.73 Å². The Bertz CT molecular complexity index is 684. The number of aromatic nitrogens is 1. The third-order valence-corrected chi connectivity index (χ3v) is 4.09. The van der Waals surface area contributed by atoms with Crippen molar-refractivity contribution in [1.29, 1.82) is 0 Å². The molecule has 1 aliphatic rings. The van der Waals surface area contributed by atoms with Gasteiger partial charge in [0.05, 0.1) is 24.6 Å². The molecule has 2 aromatic rings. The fraction of sp³-hybridized carbons (Fsp3) is 0.333. The van der Waals surface area contributed by atoms with Gasteiger partial charge < -0.3 is 20.5 Å². The summed E-state index contributed by atoms with van der Waals surface area (Å²) in [5.74, 6) is 0.135. The van der Waals surface area contributed by atoms with Crippen LogP contribution in [0.2, 0.25) is 0 Å². The van der Waals surface area contributed by atoms with E-state index >= 15 is 0 Å². The van der Waals surface area contributed by atoms with Crippen molar-refractivity contribution in [3.63, 3.8) is 0 Å². The minimum atomic E-state index is 0.00513. The summed E-state index contributed by atoms with van der Waals surface area (Å²) in [4.78, 5) is 18.6. The van der Waals surface area contributed by atoms with E-state index in [0.717, 1.165) is 17.7 Å². The van der Waals surface area contributed by atoms with Gasteiger partial charge in [-0.3, -0.25) is 9.78 Å². The second-order valence-electron chi connectivity index (χ2n) is 5.80. The summed E-state index contributed by atoms with van der Waals surface area (Å²) in [7, 11) is 0. The molecule has 1 aliphatic heterocycles. The molecule has 2 heterocycles. The standard InChI is InChI=1S/C18H21N3O3/c19-8-7-16-12-21(9-10-24-16)18(23)14-3-1-13(2-4-14)17-6-5-15(22)11-20-17/h1-6,11,16,22H,7-10,12,19H2/t16-/m1/s1. The summed E-state index contributed by atoms with van der Waals surface area (Å²) in [5, 5.41) is 9.29. The summed E-state index contributed by atoms with van der Waals surface area (Å²) < 4.78 is 5.62. The van der Waals surface area contributed by atoms with Crippen LogP contribution in [0.15, 0.2) is 42.6 Å². The predicted octanol–water partition coefficient (Wildman–Crippen LogP) is 1.64. The Morgan fingerprint density at radius 3 is 2.75 bits per heavy atom. The molecule has 0 bridgehead atoms. The summed E-state index contributed by atoms with van der Waals surface area (Å²) >= 11 is 0. The van der Waals surface area contributed by atoms with Crippen LogP contribution in [0.5, 0.6) is 5.75 Å². The average molecular weight is 327 g/mol. The first-order valence-electron chi connectivity index (χ1n) is 8.04. The highest BCUT2D eigenvalue weighted by Gasteiger charge is 2.24. The van der Waals surface area contributed by atoms with Crippen molar-refractivity contribution in [2.45, 2.75) is 12.5 Å². The molecule has 1 saturated heterocycles. The van der Waals surface area contributed by atoms with E-state index < -0.39 is 0 Å². The molecule has 0 spiro atoms. The highest BCUT2D eigenvalue weighted by molar-refractivity contribution is 5.94. The zero-order chi connectivity index (χ0) is 16.9. The zero-order valence-electron chi connectivity index (χ0n) is 13.4. The summed E-state index contributed by atoms with van der Waals surface area (Å²) in [6, 6.07) is 10.7. The van der Waals surface area contributed by atoms with E-state index in [2.05, 4.69) is 4.98 Å². The number of rotatable bonds is 4. The quantitative estimate of drug-likeness (QED) is 0.891. The molecule has 1 aromatic carbocycles. The first-order chi connectivity index (χ1) is 11.7. The maximum atomic E-state index is 12.6. The van der Waals surface area contributed by atoms with Crippen LogP contribution in [0.3, 0.4) is 0 Å². The SMILES string of the molecule is NCC[C@@H]1CN(C(=O)c2ccc(-c3ccc(O)cn3)cc2)CCO1. The Labute approximate surface area is 140 Å². The third-order valence-electron chi connectivity index (χ3n) is 4.09. The van der Waals surface area contributed by atoms with Crippen LogP contribution in [-0.4, -0.2) is 53.2 Å². The molecule has 0 saturated carbocycles. The lowest BCUT2D eigenvalue weighted by Gasteiger charge is -2.33. The fourth-order valence-electron chi connectivity index (χ4n) is 2.79. The Kier molecular flexibility index (Phi) is 5.08. The Morgan fingerprint density at radius 1 is 1.29 bits per heavy atom. The zero-order valence-corrected chi connectivity index (χ0v) is 13.4. The Balaban J connectivity index is 1.70. The lowest BCUT2D eigenvalue weighted by Crippen LogP contribution is -2.46. The van der Waals surface area contributed by atoms with E-state index in [9.17, 15) is 9.90 Å². The number of aromatic hydroxyl groups is 1. The number of nitrogens with zero attached hydrogens (tertiary/aromatic N) is 2. The van der Waals surface area contributed by atoms with Gasteiger partial charge in [-0.05, 0) is 37.2 Å². The van der Waals surface area contributed by atoms with Gasteiger partial charge in [-0.1, -0.05) is 12.1 Å². The Morgan fingerprint density at radius 2 is 2.08 bits per heavy atom. The van der Waals surface area contributed by atoms with Crippen LogP contribution in [0, 0.1) is 0 Å². The van der Waals surface area contributed by atoms with Gasteiger partial charge in [-0.2, -0.15) is 0 Å². The van der Waals surface area contributed by atoms with Crippen molar-refractivity contribution in [2.75, 3.05) is 26.2 Å². The fourth-order valence-corrected chi connectivity index (χ4v) is 2.79. The van der Waals surface area contributed by atoms with E-state index in [0.29, 0.717) is 31.8 Å². The maximum absolute atomic E-state index is 12.6. The Hall–Kier alpha value is -2.44. The molecule has 6 nitrogen and oxygen atoms in total. The number of hydrogen-bond acceptors (Lipinski definition) is 5. The number of hydrogen-bond donors (Lipinski definition) is 2. The molecule has 0 radical (unpaired) electrons. The number of nitrogens with two attached hydrogens (primary N) is 1. The van der Waals surface area contributed by atoms with Crippen LogP contribution in [-0.2, 0) is 4.74 Å². The van der Waals surface area contributed by atoms with Gasteiger partial charge in [0.1, 0.15) is 5.75 Å². The van der Waals surface area contributed by atoms with Gasteiger partial charge in [0, 0.05) is 24.2 Å². The second-order valence-corrected chi connectivity index (χ2v) is 5.80. The molecule has 126 valence electrons. The monoisotopic (exact) mass is 327 g/mol. The maximum Gasteiger partial charge on any atom is 0.254 e. The number of pyridine rings is 1. The molecule has 1 fully saturated rings. The highest BCUT2D eigenvalue weighted by Crippen LogP contribution is 2.20. The number of ether oxygens (including phenoxy) is 1. The van der Waals surface area contributed by atoms with Gasteiger partial charge in [-0.15, -0.1) is 0 Å².